The van der Waals surface area contributed by atoms with Gasteiger partial charge in [-0.25, -0.2) is 3.93 Å². The van der Waals surface area contributed by atoms with Crippen molar-refractivity contribution in [3.8, 4) is 22.3 Å². The Morgan fingerprint density at radius 3 is 1.31 bits per heavy atom. The molecule has 1 aliphatic heterocycles. The van der Waals surface area contributed by atoms with E-state index in [1.54, 1.807) is 0 Å². The van der Waals surface area contributed by atoms with Crippen molar-refractivity contribution >= 4 is 59.8 Å². The van der Waals surface area contributed by atoms with Crippen LogP contribution in [0.5, 0.6) is 0 Å². The Balaban J connectivity index is 0.000000116. The molecule has 2 aliphatic carbocycles. The van der Waals surface area contributed by atoms with Crippen LogP contribution in [0.2, 0.25) is 0 Å². The third-order valence-electron chi connectivity index (χ3n) is 6.51. The highest BCUT2D eigenvalue weighted by Gasteiger charge is 2.26. The first-order valence-corrected chi connectivity index (χ1v) is 13.9. The summed E-state index contributed by atoms with van der Waals surface area (Å²) in [5.41, 5.74) is 11.3. The second kappa shape index (κ2) is 10.8. The summed E-state index contributed by atoms with van der Waals surface area (Å²) in [6.45, 7) is 0. The minimum absolute atomic E-state index is 0.144. The molecule has 0 unspecified atom stereocenters. The largest absolute Gasteiger partial charge is 0.274 e. The van der Waals surface area contributed by atoms with Crippen LogP contribution in [-0.4, -0.2) is 15.7 Å². The number of halogens is 3. The van der Waals surface area contributed by atoms with E-state index in [-0.39, 0.29) is 11.8 Å². The van der Waals surface area contributed by atoms with E-state index in [4.69, 9.17) is 0 Å². The summed E-state index contributed by atoms with van der Waals surface area (Å²) in [4.78, 5) is 20.9. The van der Waals surface area contributed by atoms with E-state index in [1.807, 2.05) is 0 Å². The molecule has 0 radical (unpaired) electrons. The van der Waals surface area contributed by atoms with E-state index in [2.05, 4.69) is 133 Å². The average molecular weight is 668 g/mol. The van der Waals surface area contributed by atoms with Crippen molar-refractivity contribution in [2.45, 2.75) is 25.7 Å². The van der Waals surface area contributed by atoms with Gasteiger partial charge >= 0.3 is 0 Å². The lowest BCUT2D eigenvalue weighted by molar-refractivity contribution is -0.131. The van der Waals surface area contributed by atoms with E-state index in [0.29, 0.717) is 12.8 Å². The van der Waals surface area contributed by atoms with Gasteiger partial charge in [0.15, 0.2) is 0 Å². The van der Waals surface area contributed by atoms with Gasteiger partial charge in [-0.15, -0.1) is 0 Å². The first kappa shape index (κ1) is 25.1. The SMILES string of the molecule is Brc1ccc2c(c1)-c1cc(Br)ccc1C2.O=C1CCC(=O)N1Br.c1ccc2c(c1)Cc1ccccc1-2. The Kier molecular flexibility index (Phi) is 7.56. The Hall–Kier alpha value is -2.54. The van der Waals surface area contributed by atoms with Crippen molar-refractivity contribution in [1.82, 2.24) is 3.93 Å². The van der Waals surface area contributed by atoms with E-state index in [9.17, 15) is 9.59 Å². The number of amides is 2. The zero-order valence-electron chi connectivity index (χ0n) is 19.3. The zero-order chi connectivity index (χ0) is 25.2. The Morgan fingerprint density at radius 2 is 0.917 bits per heavy atom. The maximum absolute atomic E-state index is 10.4. The van der Waals surface area contributed by atoms with Gasteiger partial charge in [-0.1, -0.05) is 92.5 Å². The molecule has 7 rings (SSSR count). The highest BCUT2D eigenvalue weighted by atomic mass is 79.9. The van der Waals surface area contributed by atoms with Gasteiger partial charge in [-0.3, -0.25) is 9.59 Å². The molecule has 4 aromatic rings. The van der Waals surface area contributed by atoms with Gasteiger partial charge < -0.3 is 0 Å². The lowest BCUT2D eigenvalue weighted by atomic mass is 10.1. The summed E-state index contributed by atoms with van der Waals surface area (Å²) in [7, 11) is 0. The molecule has 1 heterocycles. The lowest BCUT2D eigenvalue weighted by Gasteiger charge is -2.01. The summed E-state index contributed by atoms with van der Waals surface area (Å²) in [5.74, 6) is -0.287. The summed E-state index contributed by atoms with van der Waals surface area (Å²) in [5, 5.41) is 0. The fourth-order valence-corrected chi connectivity index (χ4v) is 5.82. The molecule has 3 nitrogen and oxygen atoms in total. The molecule has 2 amide bonds. The smallest absolute Gasteiger partial charge is 0.239 e. The zero-order valence-corrected chi connectivity index (χ0v) is 24.1. The quantitative estimate of drug-likeness (QED) is 0.120. The first-order valence-electron chi connectivity index (χ1n) is 11.7. The fourth-order valence-electron chi connectivity index (χ4n) is 4.74. The van der Waals surface area contributed by atoms with Crippen LogP contribution >= 0.6 is 48.0 Å². The van der Waals surface area contributed by atoms with Crippen molar-refractivity contribution in [2.24, 2.45) is 0 Å². The predicted octanol–water partition coefficient (Wildman–Crippen LogP) is 8.49. The molecule has 36 heavy (non-hydrogen) atoms. The molecular formula is C30H22Br3NO2. The van der Waals surface area contributed by atoms with Crippen LogP contribution in [-0.2, 0) is 22.4 Å². The summed E-state index contributed by atoms with van der Waals surface area (Å²) < 4.78 is 3.27. The number of imide groups is 1. The van der Waals surface area contributed by atoms with E-state index < -0.39 is 0 Å². The van der Waals surface area contributed by atoms with Gasteiger partial charge in [0.25, 0.3) is 0 Å². The van der Waals surface area contributed by atoms with Crippen LogP contribution in [0.3, 0.4) is 0 Å². The number of carbonyl (C=O) groups excluding carboxylic acids is 2. The minimum atomic E-state index is -0.144. The van der Waals surface area contributed by atoms with E-state index in [1.165, 1.54) is 44.5 Å². The number of rotatable bonds is 0. The van der Waals surface area contributed by atoms with Gasteiger partial charge in [-0.2, -0.15) is 0 Å². The van der Waals surface area contributed by atoms with Gasteiger partial charge in [0.1, 0.15) is 0 Å². The van der Waals surface area contributed by atoms with Crippen LogP contribution in [0.25, 0.3) is 22.3 Å². The number of fused-ring (bicyclic) bond motifs is 6. The molecule has 0 N–H and O–H groups in total. The molecular weight excluding hydrogens is 646 g/mol. The molecule has 3 aliphatic rings. The summed E-state index contributed by atoms with van der Waals surface area (Å²) in [6.07, 6.45) is 2.87. The Morgan fingerprint density at radius 1 is 0.528 bits per heavy atom. The van der Waals surface area contributed by atoms with Crippen molar-refractivity contribution in [1.29, 1.82) is 0 Å². The molecule has 1 fully saturated rings. The number of benzene rings is 4. The van der Waals surface area contributed by atoms with Crippen LogP contribution in [0.4, 0.5) is 0 Å². The highest BCUT2D eigenvalue weighted by Crippen LogP contribution is 2.39. The van der Waals surface area contributed by atoms with Crippen molar-refractivity contribution < 1.29 is 9.59 Å². The number of hydrogen-bond acceptors (Lipinski definition) is 2. The molecule has 6 heteroatoms. The maximum Gasteiger partial charge on any atom is 0.239 e. The molecule has 180 valence electrons. The normalized spacial score (nSPS) is 14.1. The third kappa shape index (κ3) is 5.26. The fraction of sp³-hybridized carbons (Fsp3) is 0.133. The van der Waals surface area contributed by atoms with Crippen LogP contribution < -0.4 is 0 Å². The Bertz CT molecular complexity index is 1370. The van der Waals surface area contributed by atoms with Crippen molar-refractivity contribution in [2.75, 3.05) is 0 Å². The minimum Gasteiger partial charge on any atom is -0.274 e. The molecule has 4 aromatic carbocycles. The van der Waals surface area contributed by atoms with Crippen LogP contribution in [0.15, 0.2) is 93.9 Å². The number of hydrogen-bond donors (Lipinski definition) is 0. The molecule has 0 atom stereocenters. The lowest BCUT2D eigenvalue weighted by Crippen LogP contribution is -2.16. The summed E-state index contributed by atoms with van der Waals surface area (Å²) in [6, 6.07) is 30.3. The van der Waals surface area contributed by atoms with Crippen molar-refractivity contribution in [3.63, 3.8) is 0 Å². The van der Waals surface area contributed by atoms with Gasteiger partial charge in [0.2, 0.25) is 11.8 Å². The molecule has 1 saturated heterocycles. The Labute approximate surface area is 236 Å². The summed E-state index contributed by atoms with van der Waals surface area (Å²) >= 11 is 9.85. The monoisotopic (exact) mass is 665 g/mol. The molecule has 0 aromatic heterocycles. The highest BCUT2D eigenvalue weighted by molar-refractivity contribution is 9.10. The number of nitrogens with zero attached hydrogens (tertiary/aromatic N) is 1. The molecule has 0 saturated carbocycles. The van der Waals surface area contributed by atoms with Crippen LogP contribution in [0, 0.1) is 0 Å². The first-order chi connectivity index (χ1) is 17.4. The van der Waals surface area contributed by atoms with E-state index >= 15 is 0 Å². The molecule has 0 spiro atoms. The second-order valence-corrected chi connectivity index (χ2v) is 11.4. The second-order valence-electron chi connectivity index (χ2n) is 8.84. The average Bonchev–Trinajstić information content (AvgIpc) is 3.54. The predicted molar refractivity (Wildman–Crippen MR) is 155 cm³/mol. The van der Waals surface area contributed by atoms with E-state index in [0.717, 1.165) is 25.7 Å². The standard InChI is InChI=1S/C13H8Br2.C13H10.C4H4BrNO2/c14-10-3-1-8-5-9-2-4-11(15)7-13(9)12(8)6-10;1-3-7-12-10(5-1)9-11-6-2-4-8-13(11)12;5-6-3(7)1-2-4(6)8/h1-4,6-7H,5H2;1-8H,9H2;1-2H2. The van der Waals surface area contributed by atoms with Gasteiger partial charge in [0, 0.05) is 21.8 Å². The number of carbonyl (C=O) groups is 2. The molecule has 0 bridgehead atoms. The van der Waals surface area contributed by atoms with Gasteiger partial charge in [0.05, 0.1) is 16.1 Å². The van der Waals surface area contributed by atoms with Gasteiger partial charge in [-0.05, 0) is 81.6 Å². The topological polar surface area (TPSA) is 37.4 Å². The maximum atomic E-state index is 10.4. The third-order valence-corrected chi connectivity index (χ3v) is 8.29. The van der Waals surface area contributed by atoms with Crippen LogP contribution in [0.1, 0.15) is 35.1 Å². The van der Waals surface area contributed by atoms with Crippen molar-refractivity contribution in [3.05, 3.63) is 116 Å².